The number of pyridine rings is 1. The molecular weight excluding hydrogens is 356 g/mol. The molecule has 0 aliphatic carbocycles. The third kappa shape index (κ3) is 3.20. The molecule has 0 aromatic carbocycles. The molecule has 0 unspecified atom stereocenters. The van der Waals surface area contributed by atoms with Gasteiger partial charge in [0, 0.05) is 25.9 Å². The molecule has 2 aromatic rings. The second-order valence-corrected chi connectivity index (χ2v) is 6.63. The Morgan fingerprint density at radius 2 is 1.73 bits per heavy atom. The third-order valence-corrected chi connectivity index (χ3v) is 4.69. The molecule has 134 valence electrons. The lowest BCUT2D eigenvalue weighted by atomic mass is 10.3. The van der Waals surface area contributed by atoms with E-state index in [-0.39, 0.29) is 11.8 Å². The summed E-state index contributed by atoms with van der Waals surface area (Å²) in [4.78, 5) is 39.9. The number of hydrogen-bond donors (Lipinski definition) is 1. The van der Waals surface area contributed by atoms with Gasteiger partial charge in [-0.05, 0) is 18.9 Å². The minimum atomic E-state index is 0.00719. The molecule has 4 heterocycles. The highest BCUT2D eigenvalue weighted by molar-refractivity contribution is 6.33. The van der Waals surface area contributed by atoms with E-state index in [1.807, 2.05) is 6.07 Å². The molecule has 9 heteroatoms. The monoisotopic (exact) mass is 372 g/mol. The zero-order chi connectivity index (χ0) is 18.1. The van der Waals surface area contributed by atoms with E-state index in [0.29, 0.717) is 48.4 Å². The highest BCUT2D eigenvalue weighted by Crippen LogP contribution is 2.29. The molecule has 2 saturated heterocycles. The minimum Gasteiger partial charge on any atom is -0.323 e. The Morgan fingerprint density at radius 3 is 2.42 bits per heavy atom. The minimum absolute atomic E-state index is 0.00719. The SMILES string of the molecule is O=C1CCCN1c1cncc(Nc2ncc(Cl)c(N3CCCC3=O)n2)c1. The first-order valence-electron chi connectivity index (χ1n) is 8.47. The summed E-state index contributed by atoms with van der Waals surface area (Å²) < 4.78 is 0. The molecule has 1 N–H and O–H groups in total. The lowest BCUT2D eigenvalue weighted by Gasteiger charge is -2.18. The average molecular weight is 373 g/mol. The maximum Gasteiger partial charge on any atom is 0.229 e. The fourth-order valence-corrected chi connectivity index (χ4v) is 3.37. The van der Waals surface area contributed by atoms with Crippen molar-refractivity contribution >= 4 is 46.6 Å². The van der Waals surface area contributed by atoms with Crippen molar-refractivity contribution in [2.75, 3.05) is 28.2 Å². The van der Waals surface area contributed by atoms with Crippen LogP contribution in [0.5, 0.6) is 0 Å². The molecule has 8 nitrogen and oxygen atoms in total. The smallest absolute Gasteiger partial charge is 0.229 e. The zero-order valence-corrected chi connectivity index (χ0v) is 14.7. The highest BCUT2D eigenvalue weighted by atomic mass is 35.5. The Bertz CT molecular complexity index is 874. The number of hydrogen-bond acceptors (Lipinski definition) is 6. The molecular formula is C17H17ClN6O2. The normalized spacial score (nSPS) is 17.3. The Kier molecular flexibility index (Phi) is 4.42. The quantitative estimate of drug-likeness (QED) is 0.886. The summed E-state index contributed by atoms with van der Waals surface area (Å²) in [6.45, 7) is 1.30. The van der Waals surface area contributed by atoms with Crippen LogP contribution in [-0.2, 0) is 9.59 Å². The lowest BCUT2D eigenvalue weighted by molar-refractivity contribution is -0.117. The summed E-state index contributed by atoms with van der Waals surface area (Å²) in [5, 5.41) is 3.40. The number of anilines is 4. The molecule has 2 aliphatic heterocycles. The van der Waals surface area contributed by atoms with E-state index >= 15 is 0 Å². The highest BCUT2D eigenvalue weighted by Gasteiger charge is 2.26. The van der Waals surface area contributed by atoms with Gasteiger partial charge in [-0.1, -0.05) is 11.6 Å². The Labute approximate surface area is 155 Å². The first-order chi connectivity index (χ1) is 12.6. The van der Waals surface area contributed by atoms with Crippen molar-refractivity contribution in [1.29, 1.82) is 0 Å². The molecule has 26 heavy (non-hydrogen) atoms. The van der Waals surface area contributed by atoms with E-state index in [1.165, 1.54) is 6.20 Å². The van der Waals surface area contributed by atoms with Gasteiger partial charge in [0.05, 0.1) is 30.0 Å². The van der Waals surface area contributed by atoms with Gasteiger partial charge in [-0.2, -0.15) is 4.98 Å². The molecule has 0 saturated carbocycles. The van der Waals surface area contributed by atoms with Gasteiger partial charge in [-0.15, -0.1) is 0 Å². The van der Waals surface area contributed by atoms with Gasteiger partial charge in [-0.25, -0.2) is 4.98 Å². The summed E-state index contributed by atoms with van der Waals surface area (Å²) in [6.07, 6.45) is 7.46. The summed E-state index contributed by atoms with van der Waals surface area (Å²) in [5.41, 5.74) is 1.39. The maximum absolute atomic E-state index is 12.0. The number of nitrogens with one attached hydrogen (secondary N) is 1. The molecule has 2 aromatic heterocycles. The predicted octanol–water partition coefficient (Wildman–Crippen LogP) is 2.52. The predicted molar refractivity (Wildman–Crippen MR) is 97.7 cm³/mol. The van der Waals surface area contributed by atoms with Crippen molar-refractivity contribution in [2.45, 2.75) is 25.7 Å². The molecule has 0 spiro atoms. The summed E-state index contributed by atoms with van der Waals surface area (Å²) in [6, 6.07) is 1.83. The van der Waals surface area contributed by atoms with E-state index in [9.17, 15) is 9.59 Å². The van der Waals surface area contributed by atoms with E-state index < -0.39 is 0 Å². The Hall–Kier alpha value is -2.74. The fraction of sp³-hybridized carbons (Fsp3) is 0.353. The Balaban J connectivity index is 1.58. The molecule has 2 amide bonds. The van der Waals surface area contributed by atoms with Crippen molar-refractivity contribution in [3.63, 3.8) is 0 Å². The average Bonchev–Trinajstić information content (AvgIpc) is 3.25. The first kappa shape index (κ1) is 16.7. The number of aromatic nitrogens is 3. The van der Waals surface area contributed by atoms with E-state index in [2.05, 4.69) is 20.3 Å². The molecule has 0 atom stereocenters. The van der Waals surface area contributed by atoms with Crippen molar-refractivity contribution in [3.8, 4) is 0 Å². The lowest BCUT2D eigenvalue weighted by Crippen LogP contribution is -2.25. The second kappa shape index (κ2) is 6.87. The van der Waals surface area contributed by atoms with Gasteiger partial charge in [0.1, 0.15) is 5.02 Å². The molecule has 2 aliphatic rings. The van der Waals surface area contributed by atoms with E-state index in [1.54, 1.807) is 22.2 Å². The van der Waals surface area contributed by atoms with Crippen LogP contribution in [0, 0.1) is 0 Å². The summed E-state index contributed by atoms with van der Waals surface area (Å²) in [7, 11) is 0. The van der Waals surface area contributed by atoms with Crippen LogP contribution in [0.1, 0.15) is 25.7 Å². The standard InChI is InChI=1S/C17H17ClN6O2/c18-13-10-20-17(22-16(13)24-6-2-4-15(24)26)21-11-7-12(9-19-8-11)23-5-1-3-14(23)25/h7-10H,1-6H2,(H,20,21,22). The largest absolute Gasteiger partial charge is 0.323 e. The topological polar surface area (TPSA) is 91.3 Å². The van der Waals surface area contributed by atoms with Crippen molar-refractivity contribution in [2.24, 2.45) is 0 Å². The van der Waals surface area contributed by atoms with Crippen LogP contribution >= 0.6 is 11.6 Å². The van der Waals surface area contributed by atoms with E-state index in [0.717, 1.165) is 18.5 Å². The number of nitrogens with zero attached hydrogens (tertiary/aromatic N) is 5. The first-order valence-corrected chi connectivity index (χ1v) is 8.85. The fourth-order valence-electron chi connectivity index (χ4n) is 3.17. The van der Waals surface area contributed by atoms with Crippen LogP contribution < -0.4 is 15.1 Å². The Morgan fingerprint density at radius 1 is 1.00 bits per heavy atom. The molecule has 4 rings (SSSR count). The third-order valence-electron chi connectivity index (χ3n) is 4.42. The molecule has 0 radical (unpaired) electrons. The van der Waals surface area contributed by atoms with Gasteiger partial charge < -0.3 is 10.2 Å². The van der Waals surface area contributed by atoms with Crippen LogP contribution in [0.15, 0.2) is 24.7 Å². The van der Waals surface area contributed by atoms with Crippen LogP contribution in [0.2, 0.25) is 5.02 Å². The van der Waals surface area contributed by atoms with Crippen LogP contribution in [0.3, 0.4) is 0 Å². The molecule has 0 bridgehead atoms. The van der Waals surface area contributed by atoms with E-state index in [4.69, 9.17) is 11.6 Å². The van der Waals surface area contributed by atoms with Crippen LogP contribution in [0.25, 0.3) is 0 Å². The van der Waals surface area contributed by atoms with Gasteiger partial charge in [0.2, 0.25) is 17.8 Å². The van der Waals surface area contributed by atoms with Gasteiger partial charge >= 0.3 is 0 Å². The summed E-state index contributed by atoms with van der Waals surface area (Å²) in [5.74, 6) is 0.829. The summed E-state index contributed by atoms with van der Waals surface area (Å²) >= 11 is 6.17. The van der Waals surface area contributed by atoms with Crippen LogP contribution in [0.4, 0.5) is 23.1 Å². The maximum atomic E-state index is 12.0. The van der Waals surface area contributed by atoms with Gasteiger partial charge in [-0.3, -0.25) is 19.5 Å². The van der Waals surface area contributed by atoms with Gasteiger partial charge in [0.15, 0.2) is 5.82 Å². The number of amides is 2. The zero-order valence-electron chi connectivity index (χ0n) is 14.0. The second-order valence-electron chi connectivity index (χ2n) is 6.22. The van der Waals surface area contributed by atoms with Gasteiger partial charge in [0.25, 0.3) is 0 Å². The number of carbonyl (C=O) groups excluding carboxylic acids is 2. The number of carbonyl (C=O) groups is 2. The molecule has 2 fully saturated rings. The number of rotatable bonds is 4. The van der Waals surface area contributed by atoms with Crippen molar-refractivity contribution in [3.05, 3.63) is 29.7 Å². The number of halogens is 1. The van der Waals surface area contributed by atoms with Crippen LogP contribution in [-0.4, -0.2) is 39.9 Å². The van der Waals surface area contributed by atoms with Crippen molar-refractivity contribution < 1.29 is 9.59 Å². The van der Waals surface area contributed by atoms with Crippen molar-refractivity contribution in [1.82, 2.24) is 15.0 Å².